The van der Waals surface area contributed by atoms with Crippen molar-refractivity contribution in [3.05, 3.63) is 35.9 Å². The van der Waals surface area contributed by atoms with Gasteiger partial charge < -0.3 is 10.4 Å². The largest absolute Gasteiger partial charge is 0.481 e. The van der Waals surface area contributed by atoms with Gasteiger partial charge in [-0.25, -0.2) is 0 Å². The summed E-state index contributed by atoms with van der Waals surface area (Å²) in [6.45, 7) is 0.221. The molecule has 0 aliphatic heterocycles. The number of rotatable bonds is 7. The molecule has 0 radical (unpaired) electrons. The Morgan fingerprint density at radius 3 is 2.47 bits per heavy atom. The van der Waals surface area contributed by atoms with Crippen molar-refractivity contribution < 1.29 is 23.1 Å². The van der Waals surface area contributed by atoms with Crippen LogP contribution in [0.25, 0.3) is 0 Å². The normalized spacial score (nSPS) is 13.2. The van der Waals surface area contributed by atoms with Gasteiger partial charge in [0.2, 0.25) is 0 Å². The van der Waals surface area contributed by atoms with E-state index in [1.165, 1.54) is 0 Å². The zero-order valence-electron chi connectivity index (χ0n) is 9.98. The monoisotopic (exact) mass is 293 g/mol. The van der Waals surface area contributed by atoms with Gasteiger partial charge in [-0.05, 0) is 17.3 Å². The highest BCUT2D eigenvalue weighted by molar-refractivity contribution is 8.00. The maximum absolute atomic E-state index is 11.9. The Hall–Kier alpha value is -1.21. The molecule has 3 nitrogen and oxygen atoms in total. The zero-order valence-corrected chi connectivity index (χ0v) is 10.8. The lowest BCUT2D eigenvalue weighted by Crippen LogP contribution is -2.28. The summed E-state index contributed by atoms with van der Waals surface area (Å²) < 4.78 is 35.6. The van der Waals surface area contributed by atoms with Gasteiger partial charge >= 0.3 is 11.5 Å². The number of thioether (sulfide) groups is 1. The molecule has 0 saturated carbocycles. The van der Waals surface area contributed by atoms with E-state index in [9.17, 15) is 18.0 Å². The summed E-state index contributed by atoms with van der Waals surface area (Å²) in [6.07, 6.45) is 0. The number of alkyl halides is 3. The fourth-order valence-electron chi connectivity index (χ4n) is 1.52. The number of carboxylic acids is 1. The first-order chi connectivity index (χ1) is 8.90. The summed E-state index contributed by atoms with van der Waals surface area (Å²) in [6, 6.07) is 8.60. The molecule has 0 spiro atoms. The minimum Gasteiger partial charge on any atom is -0.481 e. The lowest BCUT2D eigenvalue weighted by Gasteiger charge is -2.14. The van der Waals surface area contributed by atoms with E-state index in [2.05, 4.69) is 5.32 Å². The van der Waals surface area contributed by atoms with Crippen LogP contribution in [0.1, 0.15) is 11.5 Å². The van der Waals surface area contributed by atoms with Crippen LogP contribution >= 0.6 is 11.8 Å². The van der Waals surface area contributed by atoms with E-state index in [0.29, 0.717) is 5.56 Å². The van der Waals surface area contributed by atoms with E-state index in [0.717, 1.165) is 0 Å². The first-order valence-electron chi connectivity index (χ1n) is 5.59. The molecule has 0 aromatic heterocycles. The number of nitrogens with one attached hydrogen (secondary N) is 1. The van der Waals surface area contributed by atoms with Crippen molar-refractivity contribution in [1.29, 1.82) is 0 Å². The van der Waals surface area contributed by atoms with Crippen LogP contribution in [0.2, 0.25) is 0 Å². The van der Waals surface area contributed by atoms with Gasteiger partial charge in [0.15, 0.2) is 0 Å². The van der Waals surface area contributed by atoms with Crippen LogP contribution in [-0.4, -0.2) is 35.4 Å². The molecule has 0 heterocycles. The fourth-order valence-corrected chi connectivity index (χ4v) is 2.00. The predicted octanol–water partition coefficient (Wildman–Crippen LogP) is 2.70. The van der Waals surface area contributed by atoms with Gasteiger partial charge in [-0.3, -0.25) is 4.79 Å². The molecule has 1 unspecified atom stereocenters. The molecule has 1 aromatic rings. The third-order valence-electron chi connectivity index (χ3n) is 2.39. The number of hydrogen-bond donors (Lipinski definition) is 2. The Labute approximate surface area is 113 Å². The second-order valence-corrected chi connectivity index (χ2v) is 4.96. The van der Waals surface area contributed by atoms with Gasteiger partial charge in [0, 0.05) is 18.8 Å². The van der Waals surface area contributed by atoms with Gasteiger partial charge in [0.05, 0.1) is 5.92 Å². The minimum atomic E-state index is -4.24. The first-order valence-corrected chi connectivity index (χ1v) is 6.58. The number of hydrogen-bond acceptors (Lipinski definition) is 3. The molecule has 1 atom stereocenters. The van der Waals surface area contributed by atoms with Crippen LogP contribution in [0.15, 0.2) is 30.3 Å². The molecule has 1 aromatic carbocycles. The Balaban J connectivity index is 2.38. The van der Waals surface area contributed by atoms with Gasteiger partial charge in [-0.15, -0.1) is 0 Å². The average Bonchev–Trinajstić information content (AvgIpc) is 2.33. The van der Waals surface area contributed by atoms with E-state index < -0.39 is 17.4 Å². The SMILES string of the molecule is O=C(O)C(CNCCSC(F)(F)F)c1ccccc1. The number of carboxylic acid groups (broad SMARTS) is 1. The quantitative estimate of drug-likeness (QED) is 0.759. The summed E-state index contributed by atoms with van der Waals surface area (Å²) in [4.78, 5) is 11.1. The van der Waals surface area contributed by atoms with E-state index in [1.807, 2.05) is 0 Å². The van der Waals surface area contributed by atoms with E-state index in [4.69, 9.17) is 5.11 Å². The van der Waals surface area contributed by atoms with Crippen molar-refractivity contribution in [3.8, 4) is 0 Å². The lowest BCUT2D eigenvalue weighted by atomic mass is 9.99. The maximum atomic E-state index is 11.9. The Kier molecular flexibility index (Phi) is 6.17. The number of aliphatic carboxylic acids is 1. The standard InChI is InChI=1S/C12H14F3NO2S/c13-12(14,15)19-7-6-16-8-10(11(17)18)9-4-2-1-3-5-9/h1-5,10,16H,6-8H2,(H,17,18). The molecule has 1 rings (SSSR count). The number of benzene rings is 1. The molecule has 0 bridgehead atoms. The van der Waals surface area contributed by atoms with Crippen molar-refractivity contribution in [1.82, 2.24) is 5.32 Å². The van der Waals surface area contributed by atoms with Crippen LogP contribution in [0.4, 0.5) is 13.2 Å². The van der Waals surface area contributed by atoms with Crippen LogP contribution in [0, 0.1) is 0 Å². The second kappa shape index (κ2) is 7.40. The summed E-state index contributed by atoms with van der Waals surface area (Å²) in [7, 11) is 0. The van der Waals surface area contributed by atoms with Crippen LogP contribution in [0.3, 0.4) is 0 Å². The second-order valence-electron chi connectivity index (χ2n) is 3.80. The molecule has 19 heavy (non-hydrogen) atoms. The van der Waals surface area contributed by atoms with E-state index >= 15 is 0 Å². The molecule has 106 valence electrons. The molecule has 0 saturated heterocycles. The molecular formula is C12H14F3NO2S. The van der Waals surface area contributed by atoms with Crippen molar-refractivity contribution in [3.63, 3.8) is 0 Å². The predicted molar refractivity (Wildman–Crippen MR) is 68.2 cm³/mol. The van der Waals surface area contributed by atoms with Gasteiger partial charge in [-0.2, -0.15) is 13.2 Å². The summed E-state index contributed by atoms with van der Waals surface area (Å²) >= 11 is -0.120. The molecule has 2 N–H and O–H groups in total. The topological polar surface area (TPSA) is 49.3 Å². The Morgan fingerprint density at radius 2 is 1.95 bits per heavy atom. The highest BCUT2D eigenvalue weighted by Gasteiger charge is 2.27. The first kappa shape index (κ1) is 15.8. The smallest absolute Gasteiger partial charge is 0.441 e. The maximum Gasteiger partial charge on any atom is 0.441 e. The third-order valence-corrected chi connectivity index (χ3v) is 3.13. The van der Waals surface area contributed by atoms with Crippen LogP contribution < -0.4 is 5.32 Å². The van der Waals surface area contributed by atoms with Gasteiger partial charge in [-0.1, -0.05) is 30.3 Å². The molecule has 0 amide bonds. The minimum absolute atomic E-state index is 0.109. The molecule has 0 aliphatic carbocycles. The molecule has 0 aliphatic rings. The number of carbonyl (C=O) groups is 1. The summed E-state index contributed by atoms with van der Waals surface area (Å²) in [5.41, 5.74) is -3.61. The van der Waals surface area contributed by atoms with E-state index in [1.54, 1.807) is 30.3 Å². The van der Waals surface area contributed by atoms with Crippen molar-refractivity contribution in [2.45, 2.75) is 11.4 Å². The highest BCUT2D eigenvalue weighted by Crippen LogP contribution is 2.29. The van der Waals surface area contributed by atoms with Crippen molar-refractivity contribution in [2.75, 3.05) is 18.8 Å². The van der Waals surface area contributed by atoms with Crippen molar-refractivity contribution >= 4 is 17.7 Å². The van der Waals surface area contributed by atoms with Gasteiger partial charge in [0.25, 0.3) is 0 Å². The summed E-state index contributed by atoms with van der Waals surface area (Å²) in [5.74, 6) is -1.88. The highest BCUT2D eigenvalue weighted by atomic mass is 32.2. The van der Waals surface area contributed by atoms with Crippen molar-refractivity contribution in [2.24, 2.45) is 0 Å². The molecular weight excluding hydrogens is 279 g/mol. The van der Waals surface area contributed by atoms with Gasteiger partial charge in [0.1, 0.15) is 0 Å². The zero-order chi connectivity index (χ0) is 14.3. The van der Waals surface area contributed by atoms with Crippen LogP contribution in [0.5, 0.6) is 0 Å². The van der Waals surface area contributed by atoms with Crippen LogP contribution in [-0.2, 0) is 4.79 Å². The molecule has 0 fully saturated rings. The van der Waals surface area contributed by atoms with E-state index in [-0.39, 0.29) is 30.6 Å². The fraction of sp³-hybridized carbons (Fsp3) is 0.417. The number of halogens is 3. The summed E-state index contributed by atoms with van der Waals surface area (Å²) in [5, 5.41) is 11.8. The third kappa shape index (κ3) is 6.49. The average molecular weight is 293 g/mol. The molecule has 7 heteroatoms. The Morgan fingerprint density at radius 1 is 1.32 bits per heavy atom. The Bertz CT molecular complexity index is 398. The lowest BCUT2D eigenvalue weighted by molar-refractivity contribution is -0.138.